The van der Waals surface area contributed by atoms with Gasteiger partial charge in [0, 0.05) is 7.05 Å². The fraction of sp³-hybridized carbons (Fsp3) is 0.0833. The van der Waals surface area contributed by atoms with Crippen LogP contribution in [-0.4, -0.2) is 21.4 Å². The summed E-state index contributed by atoms with van der Waals surface area (Å²) >= 11 is 0.749. The summed E-state index contributed by atoms with van der Waals surface area (Å²) in [5.74, 6) is -1.27. The zero-order valence-electron chi connectivity index (χ0n) is 10.9. The third-order valence-corrected chi connectivity index (χ3v) is 6.01. The Morgan fingerprint density at radius 2 is 1.86 bits per heavy atom. The number of benzene rings is 1. The van der Waals surface area contributed by atoms with Crippen molar-refractivity contribution >= 4 is 38.0 Å². The molecule has 0 atom stereocenters. The summed E-state index contributed by atoms with van der Waals surface area (Å²) in [6.45, 7) is 0. The Balaban J connectivity index is 2.44. The molecule has 0 aliphatic heterocycles. The number of rotatable bonds is 4. The Kier molecular flexibility index (Phi) is 3.88. The molecule has 2 aromatic rings. The summed E-state index contributed by atoms with van der Waals surface area (Å²) in [5.41, 5.74) is 10.9. The molecule has 6 nitrogen and oxygen atoms in total. The quantitative estimate of drug-likeness (QED) is 0.884. The van der Waals surface area contributed by atoms with Crippen LogP contribution in [0.25, 0.3) is 0 Å². The predicted octanol–water partition coefficient (Wildman–Crippen LogP) is 1.39. The Hall–Kier alpha value is -2.13. The summed E-state index contributed by atoms with van der Waals surface area (Å²) in [5, 5.41) is 0.0357. The number of hydrogen-bond acceptors (Lipinski definition) is 5. The van der Waals surface area contributed by atoms with E-state index in [0.717, 1.165) is 33.8 Å². The van der Waals surface area contributed by atoms with Crippen LogP contribution in [0.3, 0.4) is 0 Å². The third kappa shape index (κ3) is 2.83. The number of hydrogen-bond donors (Lipinski definition) is 2. The molecule has 0 saturated carbocycles. The zero-order chi connectivity index (χ0) is 15.8. The first kappa shape index (κ1) is 15.3. The van der Waals surface area contributed by atoms with Gasteiger partial charge in [-0.05, 0) is 30.3 Å². The van der Waals surface area contributed by atoms with E-state index in [1.165, 1.54) is 19.2 Å². The molecule has 0 fully saturated rings. The summed E-state index contributed by atoms with van der Waals surface area (Å²) in [6, 6.07) is 6.10. The van der Waals surface area contributed by atoms with Gasteiger partial charge in [0.05, 0.1) is 16.3 Å². The second kappa shape index (κ2) is 5.34. The lowest BCUT2D eigenvalue weighted by Crippen LogP contribution is -2.25. The number of carbonyl (C=O) groups excluding carboxylic acids is 1. The number of nitrogens with zero attached hydrogens (tertiary/aromatic N) is 1. The monoisotopic (exact) mass is 329 g/mol. The molecule has 2 rings (SSSR count). The first-order valence-corrected chi connectivity index (χ1v) is 7.92. The van der Waals surface area contributed by atoms with Gasteiger partial charge >= 0.3 is 0 Å². The van der Waals surface area contributed by atoms with Gasteiger partial charge in [0.2, 0.25) is 0 Å². The van der Waals surface area contributed by atoms with Gasteiger partial charge in [0.15, 0.2) is 0 Å². The average molecular weight is 329 g/mol. The molecule has 1 aromatic heterocycles. The molecule has 1 heterocycles. The molecule has 4 N–H and O–H groups in total. The number of halogens is 1. The van der Waals surface area contributed by atoms with Crippen molar-refractivity contribution < 1.29 is 17.6 Å². The van der Waals surface area contributed by atoms with Crippen molar-refractivity contribution in [1.29, 1.82) is 0 Å². The minimum Gasteiger partial charge on any atom is -0.390 e. The van der Waals surface area contributed by atoms with E-state index in [2.05, 4.69) is 0 Å². The number of sulfonamides is 1. The number of nitrogen functional groups attached to an aromatic ring is 1. The number of carbonyl (C=O) groups is 1. The lowest BCUT2D eigenvalue weighted by molar-refractivity contribution is 0.100. The van der Waals surface area contributed by atoms with Crippen LogP contribution in [0.1, 0.15) is 10.4 Å². The van der Waals surface area contributed by atoms with Crippen molar-refractivity contribution in [2.45, 2.75) is 4.21 Å². The number of thiophene rings is 1. The van der Waals surface area contributed by atoms with E-state index in [1.54, 1.807) is 0 Å². The number of anilines is 2. The van der Waals surface area contributed by atoms with Crippen molar-refractivity contribution in [1.82, 2.24) is 0 Å². The highest BCUT2D eigenvalue weighted by Crippen LogP contribution is 2.32. The van der Waals surface area contributed by atoms with E-state index in [4.69, 9.17) is 11.5 Å². The molecule has 0 bridgehead atoms. The summed E-state index contributed by atoms with van der Waals surface area (Å²) in [6.07, 6.45) is 0. The molecule has 112 valence electrons. The van der Waals surface area contributed by atoms with Crippen LogP contribution in [0.15, 0.2) is 34.5 Å². The Labute approximate surface area is 124 Å². The van der Waals surface area contributed by atoms with Crippen molar-refractivity contribution in [3.63, 3.8) is 0 Å². The van der Waals surface area contributed by atoms with Crippen molar-refractivity contribution in [3.05, 3.63) is 41.7 Å². The van der Waals surface area contributed by atoms with E-state index in [0.29, 0.717) is 0 Å². The minimum absolute atomic E-state index is 0.0357. The number of nitrogens with two attached hydrogens (primary N) is 2. The third-order valence-electron chi connectivity index (χ3n) is 2.81. The van der Waals surface area contributed by atoms with E-state index in [-0.39, 0.29) is 20.5 Å². The maximum Gasteiger partial charge on any atom is 0.273 e. The fourth-order valence-electron chi connectivity index (χ4n) is 1.63. The lowest BCUT2D eigenvalue weighted by Gasteiger charge is -2.18. The molecule has 0 spiro atoms. The largest absolute Gasteiger partial charge is 0.390 e. The van der Waals surface area contributed by atoms with E-state index in [1.807, 2.05) is 0 Å². The maximum absolute atomic E-state index is 12.9. The van der Waals surface area contributed by atoms with Crippen LogP contribution < -0.4 is 15.8 Å². The van der Waals surface area contributed by atoms with Gasteiger partial charge in [-0.3, -0.25) is 9.10 Å². The molecule has 0 aliphatic rings. The van der Waals surface area contributed by atoms with E-state index < -0.39 is 21.7 Å². The summed E-state index contributed by atoms with van der Waals surface area (Å²) in [7, 11) is -2.58. The molecule has 0 aliphatic carbocycles. The van der Waals surface area contributed by atoms with Crippen LogP contribution >= 0.6 is 11.3 Å². The van der Waals surface area contributed by atoms with Gasteiger partial charge in [-0.1, -0.05) is 0 Å². The highest BCUT2D eigenvalue weighted by molar-refractivity contribution is 7.94. The SMILES string of the molecule is CN(c1ccc(F)cc1)S(=O)(=O)c1cc(C(N)=O)c(N)s1. The number of primary amides is 1. The predicted molar refractivity (Wildman–Crippen MR) is 79.2 cm³/mol. The second-order valence-corrected chi connectivity index (χ2v) is 7.44. The molecule has 0 radical (unpaired) electrons. The molecule has 1 aromatic carbocycles. The Morgan fingerprint density at radius 1 is 1.29 bits per heavy atom. The van der Waals surface area contributed by atoms with E-state index in [9.17, 15) is 17.6 Å². The topological polar surface area (TPSA) is 106 Å². The highest BCUT2D eigenvalue weighted by Gasteiger charge is 2.26. The van der Waals surface area contributed by atoms with Gasteiger partial charge in [-0.25, -0.2) is 12.8 Å². The van der Waals surface area contributed by atoms with Gasteiger partial charge in [-0.15, -0.1) is 11.3 Å². The van der Waals surface area contributed by atoms with Gasteiger partial charge < -0.3 is 11.5 Å². The highest BCUT2D eigenvalue weighted by atomic mass is 32.2. The summed E-state index contributed by atoms with van der Waals surface area (Å²) in [4.78, 5) is 11.1. The lowest BCUT2D eigenvalue weighted by atomic mass is 10.3. The molecule has 0 saturated heterocycles. The van der Waals surface area contributed by atoms with Crippen LogP contribution in [0.5, 0.6) is 0 Å². The molecular formula is C12H12FN3O3S2. The molecule has 9 heteroatoms. The molecular weight excluding hydrogens is 317 g/mol. The maximum atomic E-state index is 12.9. The average Bonchev–Trinajstić information content (AvgIpc) is 2.82. The second-order valence-electron chi connectivity index (χ2n) is 4.16. The zero-order valence-corrected chi connectivity index (χ0v) is 12.5. The number of amides is 1. The van der Waals surface area contributed by atoms with Crippen molar-refractivity contribution in [2.24, 2.45) is 5.73 Å². The molecule has 1 amide bonds. The first-order chi connectivity index (χ1) is 9.73. The first-order valence-electron chi connectivity index (χ1n) is 5.67. The minimum atomic E-state index is -3.90. The summed E-state index contributed by atoms with van der Waals surface area (Å²) < 4.78 is 38.6. The fourth-order valence-corrected chi connectivity index (χ4v) is 4.25. The van der Waals surface area contributed by atoms with Gasteiger partial charge in [0.1, 0.15) is 10.0 Å². The van der Waals surface area contributed by atoms with Gasteiger partial charge in [0.25, 0.3) is 15.9 Å². The molecule has 21 heavy (non-hydrogen) atoms. The Bertz CT molecular complexity index is 785. The van der Waals surface area contributed by atoms with Crippen LogP contribution in [0.4, 0.5) is 15.1 Å². The van der Waals surface area contributed by atoms with Crippen molar-refractivity contribution in [2.75, 3.05) is 17.1 Å². The van der Waals surface area contributed by atoms with Crippen LogP contribution in [0.2, 0.25) is 0 Å². The smallest absolute Gasteiger partial charge is 0.273 e. The normalized spacial score (nSPS) is 11.3. The van der Waals surface area contributed by atoms with Crippen LogP contribution in [0, 0.1) is 5.82 Å². The van der Waals surface area contributed by atoms with Crippen LogP contribution in [-0.2, 0) is 10.0 Å². The Morgan fingerprint density at radius 3 is 2.33 bits per heavy atom. The van der Waals surface area contributed by atoms with Gasteiger partial charge in [-0.2, -0.15) is 0 Å². The van der Waals surface area contributed by atoms with Crippen molar-refractivity contribution in [3.8, 4) is 0 Å². The standard InChI is InChI=1S/C12H12FN3O3S2/c1-16(8-4-2-7(13)3-5-8)21(18,19)10-6-9(11(14)17)12(15)20-10/h2-6H,15H2,1H3,(H2,14,17). The molecule has 0 unspecified atom stereocenters. The van der Waals surface area contributed by atoms with E-state index >= 15 is 0 Å².